The van der Waals surface area contributed by atoms with Crippen LogP contribution in [0.3, 0.4) is 0 Å². The molecule has 1 fully saturated rings. The van der Waals surface area contributed by atoms with Crippen LogP contribution in [0, 0.1) is 6.92 Å². The van der Waals surface area contributed by atoms with E-state index in [9.17, 15) is 5.11 Å². The summed E-state index contributed by atoms with van der Waals surface area (Å²) in [5.41, 5.74) is 6.94. The van der Waals surface area contributed by atoms with E-state index in [1.54, 1.807) is 20.3 Å². The van der Waals surface area contributed by atoms with Crippen LogP contribution in [-0.2, 0) is 15.9 Å². The number of phenols is 1. The number of phenolic OH excluding ortho intramolecular Hbond substituents is 1. The van der Waals surface area contributed by atoms with Crippen molar-refractivity contribution in [1.82, 2.24) is 0 Å². The van der Waals surface area contributed by atoms with Crippen molar-refractivity contribution in [3.63, 3.8) is 0 Å². The van der Waals surface area contributed by atoms with E-state index >= 15 is 0 Å². The number of methoxy groups -OCH3 is 2. The Morgan fingerprint density at radius 3 is 2.36 bits per heavy atom. The monoisotopic (exact) mass is 576 g/mol. The number of allylic oxidation sites excluding steroid dienone is 5. The summed E-state index contributed by atoms with van der Waals surface area (Å²) in [7, 11) is 3.26. The summed E-state index contributed by atoms with van der Waals surface area (Å²) in [6.45, 7) is 9.83. The zero-order chi connectivity index (χ0) is 30.1. The van der Waals surface area contributed by atoms with Gasteiger partial charge in [-0.3, -0.25) is 0 Å². The van der Waals surface area contributed by atoms with Gasteiger partial charge in [0.05, 0.1) is 27.4 Å². The third-order valence-electron chi connectivity index (χ3n) is 8.30. The smallest absolute Gasteiger partial charge is 0.184 e. The first kappa shape index (κ1) is 31.7. The summed E-state index contributed by atoms with van der Waals surface area (Å²) < 4.78 is 29.1. The number of ether oxygens (including phenoxy) is 5. The van der Waals surface area contributed by atoms with Gasteiger partial charge in [-0.05, 0) is 120 Å². The van der Waals surface area contributed by atoms with Crippen molar-refractivity contribution in [1.29, 1.82) is 0 Å². The molecule has 0 spiro atoms. The molecule has 0 aliphatic carbocycles. The van der Waals surface area contributed by atoms with Crippen LogP contribution in [0.1, 0.15) is 88.7 Å². The quantitative estimate of drug-likeness (QED) is 0.255. The molecule has 1 saturated heterocycles. The molecule has 2 aromatic rings. The molecule has 6 heteroatoms. The van der Waals surface area contributed by atoms with Gasteiger partial charge in [-0.1, -0.05) is 35.4 Å². The Morgan fingerprint density at radius 1 is 0.952 bits per heavy atom. The van der Waals surface area contributed by atoms with Gasteiger partial charge in [-0.25, -0.2) is 0 Å². The average molecular weight is 577 g/mol. The fraction of sp³-hybridized carbons (Fsp3) is 0.500. The molecule has 2 aliphatic rings. The second-order valence-electron chi connectivity index (χ2n) is 12.0. The number of hydrogen-bond acceptors (Lipinski definition) is 6. The standard InChI is InChI=1S/C36H48O6/c1-25(12-8-14-28-23-40-35(41-24-28)30-15-16-32(38-5)33(22-30)39-6)10-7-11-26(2)13-9-18-36(4)19-17-29-21-31(37)20-27(3)34(29)42-36/h10,13-16,20-22,35,37H,7-9,11-12,17-19,23-24H2,1-6H3/b25-10+,26-13+,28-14?. The lowest BCUT2D eigenvalue weighted by molar-refractivity contribution is -0.161. The van der Waals surface area contributed by atoms with Gasteiger partial charge >= 0.3 is 0 Å². The first-order chi connectivity index (χ1) is 20.2. The van der Waals surface area contributed by atoms with E-state index in [2.05, 4.69) is 39.0 Å². The van der Waals surface area contributed by atoms with Crippen molar-refractivity contribution < 1.29 is 28.8 Å². The van der Waals surface area contributed by atoms with Gasteiger partial charge in [-0.2, -0.15) is 0 Å². The molecule has 0 amide bonds. The van der Waals surface area contributed by atoms with Crippen LogP contribution in [0.4, 0.5) is 0 Å². The van der Waals surface area contributed by atoms with Crippen LogP contribution in [0.5, 0.6) is 23.0 Å². The van der Waals surface area contributed by atoms with Crippen LogP contribution in [-0.4, -0.2) is 38.1 Å². The maximum atomic E-state index is 9.88. The lowest BCUT2D eigenvalue weighted by Crippen LogP contribution is -2.36. The molecule has 0 bridgehead atoms. The molecule has 0 radical (unpaired) electrons. The average Bonchev–Trinajstić information content (AvgIpc) is 2.97. The van der Waals surface area contributed by atoms with Gasteiger partial charge in [0.2, 0.25) is 0 Å². The van der Waals surface area contributed by atoms with E-state index in [1.807, 2.05) is 31.2 Å². The van der Waals surface area contributed by atoms with Crippen molar-refractivity contribution in [3.05, 3.63) is 82.0 Å². The first-order valence-electron chi connectivity index (χ1n) is 15.2. The minimum absolute atomic E-state index is 0.158. The van der Waals surface area contributed by atoms with Gasteiger partial charge in [0.1, 0.15) is 17.1 Å². The highest BCUT2D eigenvalue weighted by Crippen LogP contribution is 2.40. The van der Waals surface area contributed by atoms with Crippen LogP contribution in [0.2, 0.25) is 0 Å². The number of fused-ring (bicyclic) bond motifs is 1. The largest absolute Gasteiger partial charge is 0.508 e. The van der Waals surface area contributed by atoms with Gasteiger partial charge in [-0.15, -0.1) is 0 Å². The molecule has 0 aromatic heterocycles. The summed E-state index contributed by atoms with van der Waals surface area (Å²) in [5, 5.41) is 9.88. The van der Waals surface area contributed by atoms with Crippen molar-refractivity contribution in [3.8, 4) is 23.0 Å². The number of benzene rings is 2. The van der Waals surface area contributed by atoms with E-state index in [1.165, 1.54) is 16.7 Å². The zero-order valence-corrected chi connectivity index (χ0v) is 26.3. The topological polar surface area (TPSA) is 66.4 Å². The second-order valence-corrected chi connectivity index (χ2v) is 12.0. The molecular weight excluding hydrogens is 528 g/mol. The highest BCUT2D eigenvalue weighted by atomic mass is 16.7. The van der Waals surface area contributed by atoms with E-state index in [0.717, 1.165) is 73.8 Å². The van der Waals surface area contributed by atoms with E-state index in [-0.39, 0.29) is 5.60 Å². The molecule has 2 heterocycles. The number of hydrogen-bond donors (Lipinski definition) is 1. The summed E-state index contributed by atoms with van der Waals surface area (Å²) in [6, 6.07) is 9.36. The van der Waals surface area contributed by atoms with Gasteiger partial charge in [0, 0.05) is 5.56 Å². The van der Waals surface area contributed by atoms with Crippen molar-refractivity contribution in [2.24, 2.45) is 0 Å². The Bertz CT molecular complexity index is 1300. The molecule has 2 aliphatic heterocycles. The third-order valence-corrected chi connectivity index (χ3v) is 8.30. The highest BCUT2D eigenvalue weighted by molar-refractivity contribution is 5.48. The Labute approximate surface area is 252 Å². The molecule has 1 atom stereocenters. The summed E-state index contributed by atoms with van der Waals surface area (Å²) in [6.07, 6.45) is 14.7. The fourth-order valence-electron chi connectivity index (χ4n) is 5.67. The first-order valence-corrected chi connectivity index (χ1v) is 15.2. The lowest BCUT2D eigenvalue weighted by atomic mass is 9.87. The van der Waals surface area contributed by atoms with Crippen molar-refractivity contribution in [2.75, 3.05) is 27.4 Å². The minimum Gasteiger partial charge on any atom is -0.508 e. The van der Waals surface area contributed by atoms with Crippen LogP contribution < -0.4 is 14.2 Å². The molecular formula is C36H48O6. The third kappa shape index (κ3) is 8.65. The maximum Gasteiger partial charge on any atom is 0.184 e. The second kappa shape index (κ2) is 14.8. The lowest BCUT2D eigenvalue weighted by Gasteiger charge is -2.36. The molecule has 228 valence electrons. The van der Waals surface area contributed by atoms with Crippen molar-refractivity contribution in [2.45, 2.75) is 91.0 Å². The van der Waals surface area contributed by atoms with E-state index in [4.69, 9.17) is 23.7 Å². The molecule has 4 rings (SSSR count). The van der Waals surface area contributed by atoms with Gasteiger partial charge in [0.25, 0.3) is 0 Å². The molecule has 2 aromatic carbocycles. The van der Waals surface area contributed by atoms with Crippen molar-refractivity contribution >= 4 is 0 Å². The Kier molecular flexibility index (Phi) is 11.2. The molecule has 1 unspecified atom stereocenters. The highest BCUT2D eigenvalue weighted by Gasteiger charge is 2.32. The van der Waals surface area contributed by atoms with E-state index in [0.29, 0.717) is 30.5 Å². The Morgan fingerprint density at radius 2 is 1.64 bits per heavy atom. The summed E-state index contributed by atoms with van der Waals surface area (Å²) in [4.78, 5) is 0. The Balaban J connectivity index is 1.14. The maximum absolute atomic E-state index is 9.88. The van der Waals surface area contributed by atoms with Gasteiger partial charge in [0.15, 0.2) is 17.8 Å². The minimum atomic E-state index is -0.394. The fourth-order valence-corrected chi connectivity index (χ4v) is 5.67. The van der Waals surface area contributed by atoms with E-state index < -0.39 is 6.29 Å². The Hall–Kier alpha value is -3.22. The normalized spacial score (nSPS) is 21.0. The summed E-state index contributed by atoms with van der Waals surface area (Å²) in [5.74, 6) is 2.65. The molecule has 42 heavy (non-hydrogen) atoms. The van der Waals surface area contributed by atoms with Crippen LogP contribution in [0.15, 0.2) is 65.3 Å². The number of aryl methyl sites for hydroxylation is 2. The SMILES string of the molecule is COc1ccc(C2OCC(=CCC/C(C)=C/CC/C(C)=C/CCC3(C)CCc4cc(O)cc(C)c4O3)CO2)cc1OC. The van der Waals surface area contributed by atoms with Crippen LogP contribution >= 0.6 is 0 Å². The molecule has 6 nitrogen and oxygen atoms in total. The molecule has 1 N–H and O–H groups in total. The summed E-state index contributed by atoms with van der Waals surface area (Å²) >= 11 is 0. The molecule has 0 saturated carbocycles. The van der Waals surface area contributed by atoms with Gasteiger partial charge < -0.3 is 28.8 Å². The zero-order valence-electron chi connectivity index (χ0n) is 26.3. The number of aromatic hydroxyl groups is 1. The predicted octanol–water partition coefficient (Wildman–Crippen LogP) is 8.71. The predicted molar refractivity (Wildman–Crippen MR) is 168 cm³/mol. The number of rotatable bonds is 12. The van der Waals surface area contributed by atoms with Crippen LogP contribution in [0.25, 0.3) is 0 Å².